The van der Waals surface area contributed by atoms with E-state index in [9.17, 15) is 8.78 Å². The van der Waals surface area contributed by atoms with Crippen molar-refractivity contribution in [1.29, 1.82) is 0 Å². The van der Waals surface area contributed by atoms with Crippen LogP contribution in [0, 0.1) is 5.41 Å². The molecule has 7 heteroatoms. The van der Waals surface area contributed by atoms with Crippen molar-refractivity contribution in [3.05, 3.63) is 28.5 Å². The van der Waals surface area contributed by atoms with Crippen LogP contribution in [0.3, 0.4) is 0 Å². The molecule has 0 aliphatic heterocycles. The summed E-state index contributed by atoms with van der Waals surface area (Å²) in [5, 5.41) is 0.695. The quantitative estimate of drug-likeness (QED) is 0.320. The molecule has 0 N–H and O–H groups in total. The topological polar surface area (TPSA) is 30.2 Å². The Morgan fingerprint density at radius 1 is 1.24 bits per heavy atom. The van der Waals surface area contributed by atoms with Gasteiger partial charge in [-0.05, 0) is 66.2 Å². The summed E-state index contributed by atoms with van der Waals surface area (Å²) in [6.45, 7) is 12.8. The molecule has 0 unspecified atom stereocenters. The van der Waals surface area contributed by atoms with Crippen molar-refractivity contribution in [2.24, 2.45) is 9.81 Å². The van der Waals surface area contributed by atoms with E-state index in [2.05, 4.69) is 46.1 Å². The lowest BCUT2D eigenvalue weighted by Gasteiger charge is -2.19. The van der Waals surface area contributed by atoms with Gasteiger partial charge in [0, 0.05) is 28.4 Å². The van der Waals surface area contributed by atoms with Gasteiger partial charge in [-0.1, -0.05) is 20.8 Å². The molecule has 25 heavy (non-hydrogen) atoms. The maximum absolute atomic E-state index is 13.7. The van der Waals surface area contributed by atoms with E-state index in [4.69, 9.17) is 0 Å². The molecule has 0 aliphatic carbocycles. The second kappa shape index (κ2) is 7.35. The molecule has 0 amide bonds. The zero-order valence-electron chi connectivity index (χ0n) is 15.4. The summed E-state index contributed by atoms with van der Waals surface area (Å²) in [5.41, 5.74) is 0.941. The maximum atomic E-state index is 13.7. The molecule has 2 aromatic rings. The fourth-order valence-corrected chi connectivity index (χ4v) is 3.22. The Morgan fingerprint density at radius 3 is 2.40 bits per heavy atom. The van der Waals surface area contributed by atoms with Crippen molar-refractivity contribution in [2.45, 2.75) is 59.3 Å². The Bertz CT molecular complexity index is 786. The molecule has 0 aromatic carbocycles. The van der Waals surface area contributed by atoms with Crippen molar-refractivity contribution in [3.8, 4) is 0 Å². The van der Waals surface area contributed by atoms with E-state index in [0.29, 0.717) is 27.7 Å². The summed E-state index contributed by atoms with van der Waals surface area (Å²) in [7, 11) is 0. The summed E-state index contributed by atoms with van der Waals surface area (Å²) in [4.78, 5) is 4.50. The van der Waals surface area contributed by atoms with Gasteiger partial charge < -0.3 is 4.57 Å². The van der Waals surface area contributed by atoms with Crippen LogP contribution in [-0.2, 0) is 6.54 Å². The Kier molecular flexibility index (Phi) is 5.99. The van der Waals surface area contributed by atoms with E-state index >= 15 is 0 Å². The first kappa shape index (κ1) is 20.4. The van der Waals surface area contributed by atoms with Gasteiger partial charge in [0.25, 0.3) is 6.43 Å². The molecule has 0 radical (unpaired) electrons. The molecule has 3 nitrogen and oxygen atoms in total. The highest BCUT2D eigenvalue weighted by Gasteiger charge is 2.24. The summed E-state index contributed by atoms with van der Waals surface area (Å²) in [6, 6.07) is 3.59. The third-order valence-corrected chi connectivity index (χ3v) is 4.51. The van der Waals surface area contributed by atoms with Crippen molar-refractivity contribution in [2.75, 3.05) is 0 Å². The third-order valence-electron chi connectivity index (χ3n) is 3.23. The minimum atomic E-state index is -2.65. The lowest BCUT2D eigenvalue weighted by atomic mass is 9.97. The molecule has 0 saturated carbocycles. The van der Waals surface area contributed by atoms with Crippen molar-refractivity contribution >= 4 is 44.6 Å². The van der Waals surface area contributed by atoms with Crippen LogP contribution in [0.1, 0.15) is 47.1 Å². The van der Waals surface area contributed by atoms with E-state index in [1.807, 2.05) is 31.4 Å². The average Bonchev–Trinajstić information content (AvgIpc) is 2.73. The Balaban J connectivity index is 2.63. The van der Waals surface area contributed by atoms with Gasteiger partial charge in [0.2, 0.25) is 0 Å². The van der Waals surface area contributed by atoms with Crippen LogP contribution in [0.4, 0.5) is 8.78 Å². The summed E-state index contributed by atoms with van der Waals surface area (Å²) in [6.07, 6.45) is -0.893. The monoisotopic (exact) mass is 431 g/mol. The highest BCUT2D eigenvalue weighted by atomic mass is 79.9. The maximum Gasteiger partial charge on any atom is 0.281 e. The Hall–Kier alpha value is -0.950. The molecule has 2 rings (SSSR count). The van der Waals surface area contributed by atoms with Gasteiger partial charge in [0.05, 0.1) is 0 Å². The van der Waals surface area contributed by atoms with E-state index in [0.717, 1.165) is 0 Å². The van der Waals surface area contributed by atoms with Gasteiger partial charge in [-0.2, -0.15) is 0 Å². The zero-order chi connectivity index (χ0) is 19.0. The van der Waals surface area contributed by atoms with Crippen LogP contribution in [0.5, 0.6) is 0 Å². The van der Waals surface area contributed by atoms with Gasteiger partial charge in [0.15, 0.2) is 0 Å². The van der Waals surface area contributed by atoms with Crippen LogP contribution >= 0.6 is 27.9 Å². The first-order valence-corrected chi connectivity index (χ1v) is 9.64. The zero-order valence-corrected chi connectivity index (χ0v) is 17.8. The minimum Gasteiger partial charge on any atom is -0.331 e. The molecule has 0 fully saturated rings. The fourth-order valence-electron chi connectivity index (χ4n) is 2.37. The molecule has 0 bridgehead atoms. The summed E-state index contributed by atoms with van der Waals surface area (Å²) >= 11 is 4.54. The highest BCUT2D eigenvalue weighted by Crippen LogP contribution is 2.31. The van der Waals surface area contributed by atoms with Gasteiger partial charge in [-0.3, -0.25) is 0 Å². The fraction of sp³-hybridized carbons (Fsp3) is 0.556. The molecule has 0 aliphatic rings. The van der Waals surface area contributed by atoms with Gasteiger partial charge in [0.1, 0.15) is 16.0 Å². The highest BCUT2D eigenvalue weighted by molar-refractivity contribution is 9.10. The number of nitrogens with zero attached hydrogens (tertiary/aromatic N) is 3. The van der Waals surface area contributed by atoms with E-state index in [-0.39, 0.29) is 15.9 Å². The molecule has 138 valence electrons. The smallest absolute Gasteiger partial charge is 0.281 e. The average molecular weight is 432 g/mol. The minimum absolute atomic E-state index is 0.00445. The lowest BCUT2D eigenvalue weighted by molar-refractivity contribution is 0.227. The normalized spacial score (nSPS) is 13.9. The SMILES string of the molecule is CC(C)(C)Cn1cc(/C(=N\SC(C)(C)C)C(F)F)c2ccc(Br)nc21. The molecule has 0 spiro atoms. The number of alkyl halides is 2. The number of fused-ring (bicyclic) bond motifs is 1. The van der Waals surface area contributed by atoms with Crippen molar-refractivity contribution in [3.63, 3.8) is 0 Å². The molecule has 2 heterocycles. The van der Waals surface area contributed by atoms with E-state index in [1.165, 1.54) is 11.9 Å². The number of rotatable bonds is 4. The summed E-state index contributed by atoms with van der Waals surface area (Å²) in [5.74, 6) is 0. The third kappa shape index (κ3) is 5.51. The second-order valence-electron chi connectivity index (χ2n) is 8.22. The first-order chi connectivity index (χ1) is 11.4. The molecular weight excluding hydrogens is 408 g/mol. The van der Waals surface area contributed by atoms with Crippen LogP contribution < -0.4 is 0 Å². The number of hydrogen-bond donors (Lipinski definition) is 0. The van der Waals surface area contributed by atoms with Crippen molar-refractivity contribution < 1.29 is 8.78 Å². The van der Waals surface area contributed by atoms with Crippen LogP contribution in [-0.4, -0.2) is 26.4 Å². The molecule has 0 atom stereocenters. The van der Waals surface area contributed by atoms with Gasteiger partial charge in [-0.15, -0.1) is 0 Å². The number of halogens is 3. The standard InChI is InChI=1S/C18H24BrF2N3S/c1-17(2,3)10-24-9-12(11-7-8-13(19)22-16(11)24)14(15(20)21)23-25-18(4,5)6/h7-9,15H,10H2,1-6H3/b23-14+. The second-order valence-corrected chi connectivity index (χ2v) is 10.6. The number of aromatic nitrogens is 2. The summed E-state index contributed by atoms with van der Waals surface area (Å²) < 4.78 is 34.0. The van der Waals surface area contributed by atoms with E-state index in [1.54, 1.807) is 12.3 Å². The predicted molar refractivity (Wildman–Crippen MR) is 107 cm³/mol. The number of hydrogen-bond acceptors (Lipinski definition) is 3. The number of pyridine rings is 1. The van der Waals surface area contributed by atoms with Crippen LogP contribution in [0.2, 0.25) is 0 Å². The lowest BCUT2D eigenvalue weighted by Crippen LogP contribution is -2.16. The first-order valence-electron chi connectivity index (χ1n) is 8.07. The molecule has 0 saturated heterocycles. The molecular formula is C18H24BrF2N3S. The van der Waals surface area contributed by atoms with Crippen LogP contribution in [0.15, 0.2) is 27.3 Å². The Morgan fingerprint density at radius 2 is 1.88 bits per heavy atom. The Labute approximate surface area is 160 Å². The largest absolute Gasteiger partial charge is 0.331 e. The van der Waals surface area contributed by atoms with Crippen molar-refractivity contribution in [1.82, 2.24) is 9.55 Å². The van der Waals surface area contributed by atoms with Crippen LogP contribution in [0.25, 0.3) is 11.0 Å². The van der Waals surface area contributed by atoms with E-state index < -0.39 is 6.43 Å². The molecule has 2 aromatic heterocycles. The van der Waals surface area contributed by atoms with Gasteiger partial charge >= 0.3 is 0 Å². The van der Waals surface area contributed by atoms with Gasteiger partial charge in [-0.25, -0.2) is 18.2 Å². The predicted octanol–water partition coefficient (Wildman–Crippen LogP) is 6.35.